The summed E-state index contributed by atoms with van der Waals surface area (Å²) in [5, 5.41) is 12.7. The van der Waals surface area contributed by atoms with Crippen LogP contribution in [0.15, 0.2) is 72.2 Å². The summed E-state index contributed by atoms with van der Waals surface area (Å²) in [6.45, 7) is 8.02. The molecule has 0 saturated carbocycles. The van der Waals surface area contributed by atoms with Gasteiger partial charge in [-0.1, -0.05) is 72.3 Å². The van der Waals surface area contributed by atoms with Gasteiger partial charge in [0.15, 0.2) is 0 Å². The Morgan fingerprint density at radius 3 is 2.15 bits per heavy atom. The smallest absolute Gasteiger partial charge is 0.481 e. The first kappa shape index (κ1) is 28.9. The van der Waals surface area contributed by atoms with E-state index >= 15 is 0 Å². The largest absolute Gasteiger partial charge is 0.492 e. The monoisotopic (exact) mass is 573 g/mol. The summed E-state index contributed by atoms with van der Waals surface area (Å²) < 4.78 is 18.3. The Balaban J connectivity index is 1.35. The fourth-order valence-electron chi connectivity index (χ4n) is 5.24. The van der Waals surface area contributed by atoms with Crippen LogP contribution in [-0.2, 0) is 25.3 Å². The Morgan fingerprint density at radius 2 is 1.56 bits per heavy atom. The number of carboxylic acid groups (broad SMARTS) is 1. The third kappa shape index (κ3) is 6.05. The molecule has 1 aliphatic carbocycles. The highest BCUT2D eigenvalue weighted by atomic mass is 35.5. The van der Waals surface area contributed by atoms with Gasteiger partial charge in [-0.3, -0.25) is 4.79 Å². The van der Waals surface area contributed by atoms with Crippen molar-refractivity contribution < 1.29 is 28.7 Å². The molecule has 3 aromatic rings. The van der Waals surface area contributed by atoms with Crippen molar-refractivity contribution in [3.8, 4) is 11.1 Å². The van der Waals surface area contributed by atoms with Crippen molar-refractivity contribution in [1.29, 1.82) is 0 Å². The Bertz CT molecular complexity index is 1460. The van der Waals surface area contributed by atoms with Gasteiger partial charge in [0, 0.05) is 17.5 Å². The molecule has 5 rings (SSSR count). The van der Waals surface area contributed by atoms with Gasteiger partial charge in [0.2, 0.25) is 0 Å². The average Bonchev–Trinajstić information content (AvgIpc) is 3.35. The molecule has 0 unspecified atom stereocenters. The first-order valence-corrected chi connectivity index (χ1v) is 14.0. The number of rotatable bonds is 8. The Hall–Kier alpha value is -3.59. The lowest BCUT2D eigenvalue weighted by Crippen LogP contribution is -2.41. The molecule has 2 aliphatic rings. The highest BCUT2D eigenvalue weighted by molar-refractivity contribution is 6.56. The first-order valence-electron chi connectivity index (χ1n) is 13.6. The van der Waals surface area contributed by atoms with Crippen molar-refractivity contribution in [2.75, 3.05) is 13.2 Å². The van der Waals surface area contributed by atoms with Gasteiger partial charge in [0.05, 0.1) is 17.6 Å². The predicted molar refractivity (Wildman–Crippen MR) is 160 cm³/mol. The number of fused-ring (bicyclic) bond motifs is 3. The zero-order valence-electron chi connectivity index (χ0n) is 23.6. The molecular weight excluding hydrogens is 541 g/mol. The molecule has 0 bridgehead atoms. The number of ether oxygens (including phenoxy) is 1. The molecule has 9 heteroatoms. The fraction of sp³-hybridized carbons (Fsp3) is 0.312. The van der Waals surface area contributed by atoms with Crippen LogP contribution in [0.25, 0.3) is 17.2 Å². The van der Waals surface area contributed by atoms with E-state index < -0.39 is 30.4 Å². The van der Waals surface area contributed by atoms with Gasteiger partial charge < -0.3 is 24.5 Å². The number of hydrogen-bond acceptors (Lipinski definition) is 5. The number of halogens is 1. The first-order chi connectivity index (χ1) is 19.4. The predicted octanol–water partition coefficient (Wildman–Crippen LogP) is 6.52. The molecular formula is C32H33BClNO6. The molecule has 7 nitrogen and oxygen atoms in total. The summed E-state index contributed by atoms with van der Waals surface area (Å²) in [6.07, 6.45) is 1.02. The third-order valence-corrected chi connectivity index (χ3v) is 8.36. The molecule has 0 aromatic heterocycles. The van der Waals surface area contributed by atoms with Gasteiger partial charge in [0.1, 0.15) is 6.61 Å². The number of benzene rings is 3. The molecule has 212 valence electrons. The average molecular weight is 574 g/mol. The SMILES string of the molecule is CC1(C)OB(C(=Cc2cc(Cl)ccc2CC(=O)O)CNC(=O)OCC2c3ccccc3-c3ccccc32)OC1(C)C. The normalized spacial score (nSPS) is 17.2. The Morgan fingerprint density at radius 1 is 0.976 bits per heavy atom. The maximum Gasteiger partial charge on any atom is 0.492 e. The van der Waals surface area contributed by atoms with Gasteiger partial charge in [-0.2, -0.15) is 0 Å². The lowest BCUT2D eigenvalue weighted by Gasteiger charge is -2.32. The van der Waals surface area contributed by atoms with Gasteiger partial charge >= 0.3 is 19.2 Å². The van der Waals surface area contributed by atoms with E-state index in [1.54, 1.807) is 24.3 Å². The molecule has 3 aromatic carbocycles. The summed E-state index contributed by atoms with van der Waals surface area (Å²) in [4.78, 5) is 24.5. The summed E-state index contributed by atoms with van der Waals surface area (Å²) >= 11 is 6.26. The molecule has 41 heavy (non-hydrogen) atoms. The number of aliphatic carboxylic acids is 1. The van der Waals surface area contributed by atoms with E-state index in [4.69, 9.17) is 25.6 Å². The standard InChI is InChI=1S/C32H33BClNO6/c1-31(2)32(3,4)41-33(40-31)22(15-21-16-23(34)14-13-20(21)17-29(36)37)18-35-30(38)39-19-28-26-11-7-5-9-24(26)25-10-6-8-12-27(25)28/h5-16,28H,17-19H2,1-4H3,(H,35,38)(H,36,37). The van der Waals surface area contributed by atoms with Crippen LogP contribution < -0.4 is 5.32 Å². The number of nitrogens with one attached hydrogen (secondary N) is 1. The van der Waals surface area contributed by atoms with Gasteiger partial charge in [-0.15, -0.1) is 0 Å². The lowest BCUT2D eigenvalue weighted by atomic mass is 9.76. The highest BCUT2D eigenvalue weighted by Gasteiger charge is 2.52. The lowest BCUT2D eigenvalue weighted by molar-refractivity contribution is -0.136. The van der Waals surface area contributed by atoms with Crippen LogP contribution >= 0.6 is 11.6 Å². The van der Waals surface area contributed by atoms with Crippen LogP contribution in [0.5, 0.6) is 0 Å². The van der Waals surface area contributed by atoms with E-state index in [0.717, 1.165) is 22.3 Å². The van der Waals surface area contributed by atoms with Crippen molar-refractivity contribution >= 4 is 36.9 Å². The number of carbonyl (C=O) groups excluding carboxylic acids is 1. The molecule has 0 atom stereocenters. The van der Waals surface area contributed by atoms with Crippen LogP contribution in [0.3, 0.4) is 0 Å². The van der Waals surface area contributed by atoms with Gasteiger partial charge in [-0.25, -0.2) is 4.79 Å². The summed E-state index contributed by atoms with van der Waals surface area (Å²) in [5.41, 5.74) is 5.14. The van der Waals surface area contributed by atoms with E-state index in [1.165, 1.54) is 0 Å². The minimum atomic E-state index is -0.962. The molecule has 1 amide bonds. The van der Waals surface area contributed by atoms with Gasteiger partial charge in [0.25, 0.3) is 0 Å². The molecule has 1 heterocycles. The molecule has 2 N–H and O–H groups in total. The van der Waals surface area contributed by atoms with Crippen molar-refractivity contribution in [3.05, 3.63) is 99.5 Å². The fourth-order valence-corrected chi connectivity index (χ4v) is 5.42. The van der Waals surface area contributed by atoms with E-state index in [-0.39, 0.29) is 25.5 Å². The number of carboxylic acids is 1. The Kier molecular flexibility index (Phi) is 8.01. The minimum absolute atomic E-state index is 0.0590. The zero-order chi connectivity index (χ0) is 29.4. The van der Waals surface area contributed by atoms with Crippen molar-refractivity contribution in [1.82, 2.24) is 5.32 Å². The van der Waals surface area contributed by atoms with E-state index in [9.17, 15) is 14.7 Å². The number of amides is 1. The number of alkyl carbamates (subject to hydrolysis) is 1. The molecule has 0 spiro atoms. The van der Waals surface area contributed by atoms with Crippen LogP contribution in [-0.4, -0.2) is 48.6 Å². The quantitative estimate of drug-likeness (QED) is 0.298. The van der Waals surface area contributed by atoms with Crippen LogP contribution in [0, 0.1) is 0 Å². The van der Waals surface area contributed by atoms with Crippen molar-refractivity contribution in [2.24, 2.45) is 0 Å². The summed E-state index contributed by atoms with van der Waals surface area (Å²) in [7, 11) is -0.773. The second-order valence-corrected chi connectivity index (χ2v) is 11.8. The maximum atomic E-state index is 13.0. The topological polar surface area (TPSA) is 94.1 Å². The van der Waals surface area contributed by atoms with Gasteiger partial charge in [-0.05, 0) is 78.7 Å². The Labute approximate surface area is 245 Å². The number of hydrogen-bond donors (Lipinski definition) is 2. The summed E-state index contributed by atoms with van der Waals surface area (Å²) in [5.74, 6) is -1.02. The summed E-state index contributed by atoms with van der Waals surface area (Å²) in [6, 6.07) is 21.4. The van der Waals surface area contributed by atoms with Crippen LogP contribution in [0.4, 0.5) is 4.79 Å². The van der Waals surface area contributed by atoms with E-state index in [1.807, 2.05) is 52.0 Å². The van der Waals surface area contributed by atoms with E-state index in [0.29, 0.717) is 21.6 Å². The molecule has 0 radical (unpaired) electrons. The van der Waals surface area contributed by atoms with Crippen molar-refractivity contribution in [2.45, 2.75) is 51.2 Å². The van der Waals surface area contributed by atoms with Crippen LogP contribution in [0.2, 0.25) is 5.02 Å². The molecule has 1 aliphatic heterocycles. The van der Waals surface area contributed by atoms with Crippen molar-refractivity contribution in [3.63, 3.8) is 0 Å². The zero-order valence-corrected chi connectivity index (χ0v) is 24.3. The van der Waals surface area contributed by atoms with Crippen LogP contribution in [0.1, 0.15) is 55.9 Å². The van der Waals surface area contributed by atoms with E-state index in [2.05, 4.69) is 29.6 Å². The third-order valence-electron chi connectivity index (χ3n) is 8.13. The number of carbonyl (C=O) groups is 2. The highest BCUT2D eigenvalue weighted by Crippen LogP contribution is 2.44. The second-order valence-electron chi connectivity index (χ2n) is 11.4. The molecule has 1 fully saturated rings. The maximum absolute atomic E-state index is 13.0. The second kappa shape index (κ2) is 11.4. The minimum Gasteiger partial charge on any atom is -0.481 e. The molecule has 1 saturated heterocycles.